The molecular weight excluding hydrogens is 692 g/mol. The first-order chi connectivity index (χ1) is 25.7. The number of allylic oxidation sites excluding steroid dienone is 1. The quantitative estimate of drug-likeness (QED) is 0.0399. The van der Waals surface area contributed by atoms with E-state index in [0.29, 0.717) is 36.4 Å². The molecule has 1 aromatic carbocycles. The number of aliphatic hydroxyl groups excluding tert-OH is 1. The van der Waals surface area contributed by atoms with Gasteiger partial charge in [-0.2, -0.15) is 0 Å². The molecule has 0 unspecified atom stereocenters. The van der Waals surface area contributed by atoms with Crippen molar-refractivity contribution in [2.75, 3.05) is 26.9 Å². The number of hydrogen-bond donors (Lipinski definition) is 4. The number of methoxy groups -OCH3 is 1. The summed E-state index contributed by atoms with van der Waals surface area (Å²) >= 11 is 0. The van der Waals surface area contributed by atoms with Gasteiger partial charge >= 0.3 is 11.9 Å². The smallest absolute Gasteiger partial charge is 0.339 e. The molecule has 2 amide bonds. The molecule has 0 aliphatic rings. The Bertz CT molecular complexity index is 1390. The fourth-order valence-electron chi connectivity index (χ4n) is 5.58. The Balaban J connectivity index is 3.18. The molecule has 0 radical (unpaired) electrons. The fourth-order valence-corrected chi connectivity index (χ4v) is 5.58. The second-order valence-corrected chi connectivity index (χ2v) is 14.4. The Hall–Kier alpha value is -4.21. The Morgan fingerprint density at radius 3 is 2.11 bits per heavy atom. The highest BCUT2D eigenvalue weighted by Crippen LogP contribution is 2.28. The van der Waals surface area contributed by atoms with Crippen molar-refractivity contribution in [2.24, 2.45) is 5.92 Å². The van der Waals surface area contributed by atoms with Crippen LogP contribution in [0.5, 0.6) is 5.75 Å². The number of rotatable bonds is 27. The van der Waals surface area contributed by atoms with Crippen LogP contribution in [0.3, 0.4) is 0 Å². The summed E-state index contributed by atoms with van der Waals surface area (Å²) in [5.41, 5.74) is -2.86. The monoisotopic (exact) mass is 756 g/mol. The van der Waals surface area contributed by atoms with Gasteiger partial charge in [-0.3, -0.25) is 19.2 Å². The number of hydrogen-bond acceptors (Lipinski definition) is 10. The lowest BCUT2D eigenvalue weighted by atomic mass is 9.82. The van der Waals surface area contributed by atoms with E-state index < -0.39 is 66.5 Å². The highest BCUT2D eigenvalue weighted by molar-refractivity contribution is 5.95. The molecule has 0 aromatic heterocycles. The first-order valence-corrected chi connectivity index (χ1v) is 19.2. The number of unbranched alkanes of at least 4 members (excludes halogenated alkanes) is 8. The number of carbonyl (C=O) groups is 5. The number of Topliss-reactive ketones (excluding diaryl/α,β-unsaturated/α-hetero) is 1. The van der Waals surface area contributed by atoms with E-state index in [1.54, 1.807) is 58.0 Å². The standard InChI is InChI=1S/C42H64N2O10/c1-7-9-11-14-17-20-33(46)21-18-15-12-13-16-19-22-35(42(51,27-28-45)40(50)54-41(3,4)5)38(48)44-36(39(49)43-31-37(47)52-6)30-32-23-25-34(26-24-32)53-29-10-8-2/h19,22-26,35-36,45,51H,7,9,11-18,20-21,27-31H2,1-6H3,(H,43,49)(H,44,48)/b22-19+/t35-,36+,42+/m1/s1. The molecule has 1 rings (SSSR count). The molecule has 302 valence electrons. The van der Waals surface area contributed by atoms with E-state index in [-0.39, 0.29) is 13.0 Å². The van der Waals surface area contributed by atoms with Gasteiger partial charge in [-0.15, -0.1) is 5.92 Å². The first-order valence-electron chi connectivity index (χ1n) is 19.2. The minimum absolute atomic E-state index is 0.0174. The van der Waals surface area contributed by atoms with Crippen molar-refractivity contribution in [3.05, 3.63) is 42.0 Å². The third-order valence-electron chi connectivity index (χ3n) is 8.62. The predicted molar refractivity (Wildman–Crippen MR) is 207 cm³/mol. The number of esters is 2. The Morgan fingerprint density at radius 1 is 0.907 bits per heavy atom. The van der Waals surface area contributed by atoms with E-state index in [1.807, 2.05) is 0 Å². The maximum Gasteiger partial charge on any atom is 0.339 e. The van der Waals surface area contributed by atoms with Crippen molar-refractivity contribution >= 4 is 29.5 Å². The van der Waals surface area contributed by atoms with Gasteiger partial charge in [0.15, 0.2) is 5.60 Å². The average Bonchev–Trinajstić information content (AvgIpc) is 3.12. The lowest BCUT2D eigenvalue weighted by Gasteiger charge is -2.34. The molecule has 0 fully saturated rings. The molecule has 54 heavy (non-hydrogen) atoms. The largest absolute Gasteiger partial charge is 0.481 e. The van der Waals surface area contributed by atoms with Crippen LogP contribution in [-0.2, 0) is 39.9 Å². The maximum atomic E-state index is 14.1. The zero-order valence-electron chi connectivity index (χ0n) is 33.3. The summed E-state index contributed by atoms with van der Waals surface area (Å²) in [6, 6.07) is 5.57. The zero-order chi connectivity index (χ0) is 40.4. The average molecular weight is 757 g/mol. The second kappa shape index (κ2) is 26.5. The van der Waals surface area contributed by atoms with Crippen LogP contribution in [0.15, 0.2) is 36.4 Å². The van der Waals surface area contributed by atoms with Crippen LogP contribution in [0, 0.1) is 17.8 Å². The van der Waals surface area contributed by atoms with Crippen molar-refractivity contribution in [3.8, 4) is 17.6 Å². The number of amides is 2. The molecular formula is C42H64N2O10. The van der Waals surface area contributed by atoms with Gasteiger partial charge in [0.05, 0.1) is 13.0 Å². The van der Waals surface area contributed by atoms with Gasteiger partial charge in [0.25, 0.3) is 0 Å². The van der Waals surface area contributed by atoms with E-state index in [9.17, 15) is 34.2 Å². The van der Waals surface area contributed by atoms with Gasteiger partial charge in [0.2, 0.25) is 11.8 Å². The van der Waals surface area contributed by atoms with Crippen LogP contribution in [0.1, 0.15) is 124 Å². The molecule has 0 aliphatic heterocycles. The van der Waals surface area contributed by atoms with Crippen LogP contribution < -0.4 is 15.4 Å². The summed E-state index contributed by atoms with van der Waals surface area (Å²) in [5, 5.41) is 26.9. The van der Waals surface area contributed by atoms with Crippen molar-refractivity contribution in [1.82, 2.24) is 10.6 Å². The number of ketones is 1. The second-order valence-electron chi connectivity index (χ2n) is 14.4. The number of carbonyl (C=O) groups excluding carboxylic acids is 5. The lowest BCUT2D eigenvalue weighted by molar-refractivity contribution is -0.185. The molecule has 0 saturated carbocycles. The molecule has 0 aliphatic carbocycles. The summed E-state index contributed by atoms with van der Waals surface area (Å²) < 4.78 is 15.7. The lowest BCUT2D eigenvalue weighted by Crippen LogP contribution is -2.57. The number of aliphatic hydroxyl groups is 2. The zero-order valence-corrected chi connectivity index (χ0v) is 33.3. The normalized spacial score (nSPS) is 13.5. The Labute approximate surface area is 322 Å². The summed E-state index contributed by atoms with van der Waals surface area (Å²) in [6.45, 7) is 7.84. The third-order valence-corrected chi connectivity index (χ3v) is 8.62. The van der Waals surface area contributed by atoms with Crippen LogP contribution in [0.25, 0.3) is 0 Å². The molecule has 0 saturated heterocycles. The highest BCUT2D eigenvalue weighted by Gasteiger charge is 2.49. The molecule has 0 spiro atoms. The molecule has 12 heteroatoms. The molecule has 3 atom stereocenters. The van der Waals surface area contributed by atoms with Crippen molar-refractivity contribution in [1.29, 1.82) is 0 Å². The van der Waals surface area contributed by atoms with Crippen molar-refractivity contribution in [2.45, 2.75) is 142 Å². The van der Waals surface area contributed by atoms with E-state index in [2.05, 4.69) is 34.1 Å². The topological polar surface area (TPSA) is 178 Å². The van der Waals surface area contributed by atoms with Crippen LogP contribution in [0.2, 0.25) is 0 Å². The highest BCUT2D eigenvalue weighted by atomic mass is 16.6. The Morgan fingerprint density at radius 2 is 1.54 bits per heavy atom. The van der Waals surface area contributed by atoms with Gasteiger partial charge in [0.1, 0.15) is 36.3 Å². The van der Waals surface area contributed by atoms with Gasteiger partial charge < -0.3 is 35.1 Å². The van der Waals surface area contributed by atoms with E-state index in [0.717, 1.165) is 38.5 Å². The van der Waals surface area contributed by atoms with Crippen molar-refractivity contribution < 1.29 is 48.4 Å². The van der Waals surface area contributed by atoms with E-state index >= 15 is 0 Å². The van der Waals surface area contributed by atoms with Gasteiger partial charge in [-0.1, -0.05) is 75.7 Å². The maximum absolute atomic E-state index is 14.1. The third kappa shape index (κ3) is 19.7. The van der Waals surface area contributed by atoms with E-state index in [4.69, 9.17) is 9.47 Å². The van der Waals surface area contributed by atoms with Gasteiger partial charge in [-0.05, 0) is 71.1 Å². The predicted octanol–water partition coefficient (Wildman–Crippen LogP) is 5.30. The SMILES string of the molecule is CC#CCOc1ccc(C[C@H](NC(=O)[C@@H](/C=C/CCCCCCC(=O)CCCCCCC)[C@@](O)(CCO)C(=O)OC(C)(C)C)C(=O)NCC(=O)OC)cc1. The first kappa shape index (κ1) is 47.8. The molecule has 4 N–H and O–H groups in total. The minimum atomic E-state index is -2.48. The molecule has 0 bridgehead atoms. The van der Waals surface area contributed by atoms with Crippen molar-refractivity contribution in [3.63, 3.8) is 0 Å². The number of nitrogens with one attached hydrogen (secondary N) is 2. The summed E-state index contributed by atoms with van der Waals surface area (Å²) in [5.74, 6) is 1.49. The summed E-state index contributed by atoms with van der Waals surface area (Å²) in [6.07, 6.45) is 13.1. The molecule has 1 aromatic rings. The fraction of sp³-hybridized carbons (Fsp3) is 0.643. The van der Waals surface area contributed by atoms with Crippen LogP contribution in [-0.4, -0.2) is 83.9 Å². The number of ether oxygens (including phenoxy) is 3. The molecule has 12 nitrogen and oxygen atoms in total. The summed E-state index contributed by atoms with van der Waals surface area (Å²) in [7, 11) is 1.18. The number of benzene rings is 1. The van der Waals surface area contributed by atoms with Crippen LogP contribution >= 0.6 is 0 Å². The molecule has 0 heterocycles. The minimum Gasteiger partial charge on any atom is -0.481 e. The van der Waals surface area contributed by atoms with Gasteiger partial charge in [-0.25, -0.2) is 4.79 Å². The van der Waals surface area contributed by atoms with Gasteiger partial charge in [0, 0.05) is 32.3 Å². The van der Waals surface area contributed by atoms with E-state index in [1.165, 1.54) is 32.4 Å². The summed E-state index contributed by atoms with van der Waals surface area (Å²) in [4.78, 5) is 64.9. The van der Waals surface area contributed by atoms with Crippen LogP contribution in [0.4, 0.5) is 0 Å². The Kier molecular flexibility index (Phi) is 23.5.